The Morgan fingerprint density at radius 1 is 0.900 bits per heavy atom. The van der Waals surface area contributed by atoms with Crippen molar-refractivity contribution in [1.82, 2.24) is 5.32 Å². The predicted molar refractivity (Wildman–Crippen MR) is 122 cm³/mol. The fraction of sp³-hybridized carbons (Fsp3) is 0.125. The van der Waals surface area contributed by atoms with E-state index in [0.29, 0.717) is 29.2 Å². The number of benzene rings is 3. The summed E-state index contributed by atoms with van der Waals surface area (Å²) in [6, 6.07) is 23.9. The van der Waals surface area contributed by atoms with Crippen molar-refractivity contribution in [3.63, 3.8) is 0 Å². The van der Waals surface area contributed by atoms with Gasteiger partial charge in [-0.3, -0.25) is 14.9 Å². The number of anilines is 1. The second-order valence-corrected chi connectivity index (χ2v) is 7.07. The molecule has 1 amide bonds. The molecule has 0 heterocycles. The second-order valence-electron chi connectivity index (χ2n) is 6.66. The molecule has 0 aliphatic rings. The molecule has 152 valence electrons. The minimum atomic E-state index is -0.344. The summed E-state index contributed by atoms with van der Waals surface area (Å²) in [5, 5.41) is 5.71. The fourth-order valence-electron chi connectivity index (χ4n) is 2.81. The van der Waals surface area contributed by atoms with Crippen LogP contribution in [-0.2, 0) is 6.42 Å². The van der Waals surface area contributed by atoms with Crippen LogP contribution in [0.1, 0.15) is 33.2 Å². The fourth-order valence-corrected chi connectivity index (χ4v) is 3.02. The molecule has 6 heteroatoms. The average molecular weight is 419 g/mol. The molecule has 0 bridgehead atoms. The number of rotatable bonds is 7. The summed E-state index contributed by atoms with van der Waals surface area (Å²) in [4.78, 5) is 24.0. The summed E-state index contributed by atoms with van der Waals surface area (Å²) in [6.07, 6.45) is 0.782. The molecule has 3 aromatic rings. The maximum absolute atomic E-state index is 12.5. The SMILES string of the molecule is CC(=O)c1cccc(NC(=S)NC(=O)c2cccc(OCCc3ccccc3)c2)c1. The number of Topliss-reactive ketones (excluding diaryl/α,β-unsaturated/α-hetero) is 1. The minimum Gasteiger partial charge on any atom is -0.493 e. The van der Waals surface area contributed by atoms with Crippen LogP contribution in [0.4, 0.5) is 5.69 Å². The molecule has 0 spiro atoms. The lowest BCUT2D eigenvalue weighted by Crippen LogP contribution is -2.34. The maximum Gasteiger partial charge on any atom is 0.257 e. The Morgan fingerprint density at radius 3 is 2.40 bits per heavy atom. The number of amides is 1. The third kappa shape index (κ3) is 6.25. The van der Waals surface area contributed by atoms with Crippen LogP contribution in [0, 0.1) is 0 Å². The van der Waals surface area contributed by atoms with Gasteiger partial charge in [-0.2, -0.15) is 0 Å². The highest BCUT2D eigenvalue weighted by atomic mass is 32.1. The molecule has 0 aliphatic heterocycles. The van der Waals surface area contributed by atoms with Crippen molar-refractivity contribution in [1.29, 1.82) is 0 Å². The highest BCUT2D eigenvalue weighted by molar-refractivity contribution is 7.80. The van der Waals surface area contributed by atoms with Crippen molar-refractivity contribution < 1.29 is 14.3 Å². The number of hydrogen-bond acceptors (Lipinski definition) is 4. The van der Waals surface area contributed by atoms with Crippen LogP contribution < -0.4 is 15.4 Å². The van der Waals surface area contributed by atoms with Gasteiger partial charge in [-0.25, -0.2) is 0 Å². The van der Waals surface area contributed by atoms with Crippen LogP contribution in [0.25, 0.3) is 0 Å². The van der Waals surface area contributed by atoms with Crippen LogP contribution in [0.5, 0.6) is 5.75 Å². The first-order valence-electron chi connectivity index (χ1n) is 9.51. The largest absolute Gasteiger partial charge is 0.493 e. The van der Waals surface area contributed by atoms with E-state index in [1.807, 2.05) is 36.4 Å². The van der Waals surface area contributed by atoms with E-state index in [2.05, 4.69) is 10.6 Å². The van der Waals surface area contributed by atoms with E-state index in [-0.39, 0.29) is 16.8 Å². The summed E-state index contributed by atoms with van der Waals surface area (Å²) in [5.41, 5.74) is 2.82. The van der Waals surface area contributed by atoms with Crippen LogP contribution in [0.2, 0.25) is 0 Å². The van der Waals surface area contributed by atoms with Gasteiger partial charge >= 0.3 is 0 Å². The lowest BCUT2D eigenvalue weighted by molar-refractivity contribution is 0.0975. The van der Waals surface area contributed by atoms with Crippen molar-refractivity contribution >= 4 is 34.7 Å². The number of ketones is 1. The molecule has 0 unspecified atom stereocenters. The first-order valence-corrected chi connectivity index (χ1v) is 9.92. The Bertz CT molecular complexity index is 1050. The third-order valence-corrected chi connectivity index (χ3v) is 4.56. The van der Waals surface area contributed by atoms with Gasteiger partial charge in [0.1, 0.15) is 5.75 Å². The molecule has 0 radical (unpaired) electrons. The topological polar surface area (TPSA) is 67.4 Å². The van der Waals surface area contributed by atoms with Gasteiger partial charge in [0.2, 0.25) is 0 Å². The number of carbonyl (C=O) groups is 2. The lowest BCUT2D eigenvalue weighted by Gasteiger charge is -2.11. The van der Waals surface area contributed by atoms with Crippen molar-refractivity contribution in [2.75, 3.05) is 11.9 Å². The molecule has 5 nitrogen and oxygen atoms in total. The van der Waals surface area contributed by atoms with Crippen molar-refractivity contribution in [3.8, 4) is 5.75 Å². The Kier molecular flexibility index (Phi) is 7.29. The van der Waals surface area contributed by atoms with Crippen molar-refractivity contribution in [2.24, 2.45) is 0 Å². The number of ether oxygens (including phenoxy) is 1. The number of carbonyl (C=O) groups excluding carboxylic acids is 2. The van der Waals surface area contributed by atoms with E-state index in [0.717, 1.165) is 6.42 Å². The van der Waals surface area contributed by atoms with E-state index in [4.69, 9.17) is 17.0 Å². The second kappa shape index (κ2) is 10.3. The van der Waals surface area contributed by atoms with E-state index < -0.39 is 0 Å². The van der Waals surface area contributed by atoms with Crippen LogP contribution in [-0.4, -0.2) is 23.4 Å². The van der Waals surface area contributed by atoms with Crippen LogP contribution in [0.3, 0.4) is 0 Å². The highest BCUT2D eigenvalue weighted by Gasteiger charge is 2.10. The molecule has 0 aromatic heterocycles. The smallest absolute Gasteiger partial charge is 0.257 e. The normalized spacial score (nSPS) is 10.2. The zero-order valence-corrected chi connectivity index (χ0v) is 17.4. The van der Waals surface area contributed by atoms with Gasteiger partial charge < -0.3 is 10.1 Å². The van der Waals surface area contributed by atoms with Gasteiger partial charge in [-0.05, 0) is 55.0 Å². The number of thiocarbonyl (C=S) groups is 1. The molecule has 2 N–H and O–H groups in total. The Hall–Kier alpha value is -3.51. The van der Waals surface area contributed by atoms with E-state index in [9.17, 15) is 9.59 Å². The molecule has 3 rings (SSSR count). The highest BCUT2D eigenvalue weighted by Crippen LogP contribution is 2.15. The van der Waals surface area contributed by atoms with Gasteiger partial charge in [0, 0.05) is 23.2 Å². The summed E-state index contributed by atoms with van der Waals surface area (Å²) >= 11 is 5.22. The van der Waals surface area contributed by atoms with Crippen molar-refractivity contribution in [3.05, 3.63) is 95.6 Å². The first kappa shape index (κ1) is 21.2. The van der Waals surface area contributed by atoms with Crippen LogP contribution in [0.15, 0.2) is 78.9 Å². The Labute approximate surface area is 181 Å². The molecule has 0 aliphatic carbocycles. The average Bonchev–Trinajstić information content (AvgIpc) is 2.75. The molecule has 0 saturated heterocycles. The monoisotopic (exact) mass is 418 g/mol. The van der Waals surface area contributed by atoms with E-state index in [1.165, 1.54) is 12.5 Å². The zero-order valence-electron chi connectivity index (χ0n) is 16.6. The van der Waals surface area contributed by atoms with Crippen LogP contribution >= 0.6 is 12.2 Å². The summed E-state index contributed by atoms with van der Waals surface area (Å²) < 4.78 is 5.78. The number of hydrogen-bond donors (Lipinski definition) is 2. The summed E-state index contributed by atoms with van der Waals surface area (Å²) in [5.74, 6) is 0.230. The summed E-state index contributed by atoms with van der Waals surface area (Å²) in [6.45, 7) is 2.01. The quantitative estimate of drug-likeness (QED) is 0.432. The predicted octanol–water partition coefficient (Wildman–Crippen LogP) is 4.64. The Morgan fingerprint density at radius 2 is 1.63 bits per heavy atom. The lowest BCUT2D eigenvalue weighted by atomic mass is 10.1. The van der Waals surface area contributed by atoms with Gasteiger partial charge in [-0.1, -0.05) is 48.5 Å². The van der Waals surface area contributed by atoms with Gasteiger partial charge in [0.25, 0.3) is 5.91 Å². The Balaban J connectivity index is 1.54. The molecule has 3 aromatic carbocycles. The zero-order chi connectivity index (χ0) is 21.3. The van der Waals surface area contributed by atoms with E-state index in [1.54, 1.807) is 42.5 Å². The molecule has 0 saturated carbocycles. The first-order chi connectivity index (χ1) is 14.5. The molecular formula is C24H22N2O3S. The number of nitrogens with one attached hydrogen (secondary N) is 2. The standard InChI is InChI=1S/C24H22N2O3S/c1-17(27)19-9-5-11-21(15-19)25-24(30)26-23(28)20-10-6-12-22(16-20)29-14-13-18-7-3-2-4-8-18/h2-12,15-16H,13-14H2,1H3,(H2,25,26,28,30). The molecule has 0 atom stereocenters. The van der Waals surface area contributed by atoms with Gasteiger partial charge in [-0.15, -0.1) is 0 Å². The molecule has 30 heavy (non-hydrogen) atoms. The van der Waals surface area contributed by atoms with Gasteiger partial charge in [0.15, 0.2) is 10.9 Å². The minimum absolute atomic E-state index is 0.0438. The molecular weight excluding hydrogens is 396 g/mol. The maximum atomic E-state index is 12.5. The van der Waals surface area contributed by atoms with E-state index >= 15 is 0 Å². The third-order valence-electron chi connectivity index (χ3n) is 4.35. The van der Waals surface area contributed by atoms with Crippen molar-refractivity contribution in [2.45, 2.75) is 13.3 Å². The molecule has 0 fully saturated rings. The van der Waals surface area contributed by atoms with Gasteiger partial charge in [0.05, 0.1) is 6.61 Å². The summed E-state index contributed by atoms with van der Waals surface area (Å²) in [7, 11) is 0.